The summed E-state index contributed by atoms with van der Waals surface area (Å²) in [6, 6.07) is 15.6. The van der Waals surface area contributed by atoms with Crippen LogP contribution in [-0.2, 0) is 4.79 Å². The van der Waals surface area contributed by atoms with E-state index >= 15 is 0 Å². The average Bonchev–Trinajstić information content (AvgIpc) is 2.63. The molecule has 0 aliphatic heterocycles. The van der Waals surface area contributed by atoms with Gasteiger partial charge in [-0.05, 0) is 37.1 Å². The topological polar surface area (TPSA) is 87.1 Å². The molecule has 138 valence electrons. The predicted octanol–water partition coefficient (Wildman–Crippen LogP) is 4.76. The molecule has 7 heteroatoms. The van der Waals surface area contributed by atoms with Gasteiger partial charge in [0.15, 0.2) is 0 Å². The van der Waals surface area contributed by atoms with Gasteiger partial charge in [-0.2, -0.15) is 4.98 Å². The Bertz CT molecular complexity index is 954. The number of halogens is 1. The van der Waals surface area contributed by atoms with Gasteiger partial charge in [-0.3, -0.25) is 4.79 Å². The van der Waals surface area contributed by atoms with Crippen LogP contribution in [0.3, 0.4) is 0 Å². The Balaban J connectivity index is 2.01. The second-order valence-corrected chi connectivity index (χ2v) is 7.03. The Morgan fingerprint density at radius 2 is 1.74 bits per heavy atom. The largest absolute Gasteiger partial charge is 0.480 e. The first-order chi connectivity index (χ1) is 12.9. The molecule has 0 bridgehead atoms. The van der Waals surface area contributed by atoms with Crippen LogP contribution in [0.25, 0.3) is 11.3 Å². The summed E-state index contributed by atoms with van der Waals surface area (Å²) in [5.74, 6) is -0.128. The predicted molar refractivity (Wildman–Crippen MR) is 110 cm³/mol. The molecule has 0 radical (unpaired) electrons. The number of carboxylic acid groups (broad SMARTS) is 1. The molecule has 27 heavy (non-hydrogen) atoms. The van der Waals surface area contributed by atoms with E-state index in [1.165, 1.54) is 0 Å². The van der Waals surface area contributed by atoms with Crippen LogP contribution in [-0.4, -0.2) is 27.6 Å². The number of hydrogen-bond donors (Lipinski definition) is 3. The van der Waals surface area contributed by atoms with E-state index in [4.69, 9.17) is 5.11 Å². The van der Waals surface area contributed by atoms with Gasteiger partial charge in [-0.15, -0.1) is 0 Å². The van der Waals surface area contributed by atoms with E-state index < -0.39 is 5.97 Å². The number of rotatable bonds is 6. The maximum Gasteiger partial charge on any atom is 0.322 e. The van der Waals surface area contributed by atoms with Gasteiger partial charge < -0.3 is 15.7 Å². The molecule has 1 heterocycles. The molecule has 0 atom stereocenters. The normalized spacial score (nSPS) is 10.5. The maximum absolute atomic E-state index is 10.9. The van der Waals surface area contributed by atoms with Crippen molar-refractivity contribution in [1.82, 2.24) is 9.97 Å². The third-order valence-electron chi connectivity index (χ3n) is 3.94. The number of carboxylic acids is 1. The minimum atomic E-state index is -0.974. The van der Waals surface area contributed by atoms with Crippen LogP contribution in [0.5, 0.6) is 0 Å². The zero-order valence-electron chi connectivity index (χ0n) is 15.0. The van der Waals surface area contributed by atoms with Crippen LogP contribution in [0.15, 0.2) is 53.0 Å². The highest BCUT2D eigenvalue weighted by Crippen LogP contribution is 2.29. The zero-order valence-corrected chi connectivity index (χ0v) is 16.5. The smallest absolute Gasteiger partial charge is 0.322 e. The quantitative estimate of drug-likeness (QED) is 0.526. The Morgan fingerprint density at radius 1 is 1.07 bits per heavy atom. The van der Waals surface area contributed by atoms with E-state index in [9.17, 15) is 4.79 Å². The lowest BCUT2D eigenvalue weighted by molar-refractivity contribution is -0.134. The van der Waals surface area contributed by atoms with Crippen molar-refractivity contribution < 1.29 is 9.90 Å². The van der Waals surface area contributed by atoms with Crippen LogP contribution in [0.4, 0.5) is 17.5 Å². The summed E-state index contributed by atoms with van der Waals surface area (Å²) in [5.41, 5.74) is 4.72. The summed E-state index contributed by atoms with van der Waals surface area (Å²) in [5, 5.41) is 15.0. The second kappa shape index (κ2) is 8.18. The summed E-state index contributed by atoms with van der Waals surface area (Å²) < 4.78 is 1.01. The maximum atomic E-state index is 10.9. The fourth-order valence-corrected chi connectivity index (χ4v) is 3.42. The number of aryl methyl sites for hydroxylation is 2. The van der Waals surface area contributed by atoms with E-state index in [1.807, 2.05) is 62.4 Å². The lowest BCUT2D eigenvalue weighted by Gasteiger charge is -2.15. The van der Waals surface area contributed by atoms with Crippen LogP contribution < -0.4 is 10.6 Å². The Hall–Kier alpha value is -2.93. The van der Waals surface area contributed by atoms with Crippen LogP contribution in [0.2, 0.25) is 0 Å². The van der Waals surface area contributed by atoms with Gasteiger partial charge >= 0.3 is 5.97 Å². The fraction of sp³-hybridized carbons (Fsp3) is 0.150. The second-order valence-electron chi connectivity index (χ2n) is 6.11. The van der Waals surface area contributed by atoms with Crippen LogP contribution in [0, 0.1) is 13.8 Å². The van der Waals surface area contributed by atoms with E-state index in [2.05, 4.69) is 36.5 Å². The summed E-state index contributed by atoms with van der Waals surface area (Å²) >= 11 is 3.50. The van der Waals surface area contributed by atoms with E-state index in [0.717, 1.165) is 26.9 Å². The van der Waals surface area contributed by atoms with Gasteiger partial charge in [-0.25, -0.2) is 4.98 Å². The Labute approximate surface area is 165 Å². The summed E-state index contributed by atoms with van der Waals surface area (Å²) in [6.07, 6.45) is 0. The lowest BCUT2D eigenvalue weighted by Crippen LogP contribution is -2.15. The van der Waals surface area contributed by atoms with Crippen molar-refractivity contribution >= 4 is 39.4 Å². The van der Waals surface area contributed by atoms with Gasteiger partial charge in [0.1, 0.15) is 12.4 Å². The van der Waals surface area contributed by atoms with Crippen molar-refractivity contribution in [3.63, 3.8) is 0 Å². The molecule has 0 amide bonds. The van der Waals surface area contributed by atoms with Gasteiger partial charge in [0.05, 0.1) is 5.69 Å². The molecule has 2 aromatic carbocycles. The molecule has 3 aromatic rings. The molecule has 6 nitrogen and oxygen atoms in total. The number of hydrogen-bond acceptors (Lipinski definition) is 5. The number of aromatic nitrogens is 2. The number of carbonyl (C=O) groups is 1. The minimum absolute atomic E-state index is 0.256. The molecule has 1 aromatic heterocycles. The molecule has 0 unspecified atom stereocenters. The summed E-state index contributed by atoms with van der Waals surface area (Å²) in [6.45, 7) is 3.78. The fourth-order valence-electron chi connectivity index (χ4n) is 2.74. The summed E-state index contributed by atoms with van der Waals surface area (Å²) in [4.78, 5) is 19.8. The number of anilines is 3. The molecule has 0 aliphatic carbocycles. The third kappa shape index (κ3) is 4.83. The molecular formula is C20H19BrN4O2. The minimum Gasteiger partial charge on any atom is -0.480 e. The first-order valence-corrected chi connectivity index (χ1v) is 9.15. The molecule has 0 aliphatic rings. The van der Waals surface area contributed by atoms with Crippen LogP contribution in [0.1, 0.15) is 11.1 Å². The van der Waals surface area contributed by atoms with Crippen molar-refractivity contribution in [3.8, 4) is 11.3 Å². The molecule has 0 saturated heterocycles. The van der Waals surface area contributed by atoms with E-state index in [-0.39, 0.29) is 12.5 Å². The van der Waals surface area contributed by atoms with Gasteiger partial charge in [0.2, 0.25) is 5.95 Å². The van der Waals surface area contributed by atoms with Crippen molar-refractivity contribution in [3.05, 3.63) is 64.1 Å². The number of nitrogens with zero attached hydrogens (tertiary/aromatic N) is 2. The molecule has 0 fully saturated rings. The van der Waals surface area contributed by atoms with E-state index in [1.54, 1.807) is 0 Å². The van der Waals surface area contributed by atoms with Crippen molar-refractivity contribution in [1.29, 1.82) is 0 Å². The van der Waals surface area contributed by atoms with Gasteiger partial charge in [0.25, 0.3) is 0 Å². The van der Waals surface area contributed by atoms with Crippen molar-refractivity contribution in [2.24, 2.45) is 0 Å². The van der Waals surface area contributed by atoms with Crippen LogP contribution >= 0.6 is 15.9 Å². The highest BCUT2D eigenvalue weighted by molar-refractivity contribution is 9.10. The lowest BCUT2D eigenvalue weighted by atomic mass is 10.1. The molecule has 3 rings (SSSR count). The van der Waals surface area contributed by atoms with Gasteiger partial charge in [0, 0.05) is 21.8 Å². The number of nitrogens with one attached hydrogen (secondary N) is 2. The number of benzene rings is 2. The molecular weight excluding hydrogens is 408 g/mol. The highest BCUT2D eigenvalue weighted by atomic mass is 79.9. The average molecular weight is 427 g/mol. The monoisotopic (exact) mass is 426 g/mol. The third-order valence-corrected chi connectivity index (χ3v) is 4.40. The number of aliphatic carboxylic acids is 1. The standard InChI is InChI=1S/C20H19BrN4O2/c1-12-8-15(21)9-13(2)19(12)24-17-10-16(14-6-4-3-5-7-14)23-20(25-17)22-11-18(26)27/h3-10H,11H2,1-2H3,(H,26,27)(H2,22,23,24,25). The highest BCUT2D eigenvalue weighted by Gasteiger charge is 2.11. The Kier molecular flexibility index (Phi) is 5.71. The molecule has 0 saturated carbocycles. The van der Waals surface area contributed by atoms with E-state index in [0.29, 0.717) is 11.5 Å². The Morgan fingerprint density at radius 3 is 2.37 bits per heavy atom. The van der Waals surface area contributed by atoms with Crippen molar-refractivity contribution in [2.75, 3.05) is 17.2 Å². The zero-order chi connectivity index (χ0) is 19.4. The first kappa shape index (κ1) is 18.8. The SMILES string of the molecule is Cc1cc(Br)cc(C)c1Nc1cc(-c2ccccc2)nc(NCC(=O)O)n1. The molecule has 0 spiro atoms. The first-order valence-electron chi connectivity index (χ1n) is 8.36. The van der Waals surface area contributed by atoms with Gasteiger partial charge in [-0.1, -0.05) is 46.3 Å². The summed E-state index contributed by atoms with van der Waals surface area (Å²) in [7, 11) is 0. The molecule has 3 N–H and O–H groups in total. The van der Waals surface area contributed by atoms with Crippen molar-refractivity contribution in [2.45, 2.75) is 13.8 Å².